The molecule has 0 saturated heterocycles. The Morgan fingerprint density at radius 1 is 1.33 bits per heavy atom. The number of hydrogen-bond acceptors (Lipinski definition) is 8. The average molecular weight is 344 g/mol. The van der Waals surface area contributed by atoms with E-state index in [1.165, 1.54) is 23.5 Å². The van der Waals surface area contributed by atoms with Crippen LogP contribution in [-0.2, 0) is 13.0 Å². The highest BCUT2D eigenvalue weighted by Gasteiger charge is 2.14. The molecule has 2 heterocycles. The van der Waals surface area contributed by atoms with Crippen LogP contribution < -0.4 is 0 Å². The van der Waals surface area contributed by atoms with Gasteiger partial charge in [0.05, 0.1) is 22.8 Å². The highest BCUT2D eigenvalue weighted by Crippen LogP contribution is 2.15. The molecular formula is C14H12N6O3S. The van der Waals surface area contributed by atoms with Gasteiger partial charge in [-0.05, 0) is 27.4 Å². The molecule has 0 bridgehead atoms. The molecule has 1 aromatic carbocycles. The first-order valence-electron chi connectivity index (χ1n) is 6.90. The summed E-state index contributed by atoms with van der Waals surface area (Å²) in [6, 6.07) is 9.90. The highest BCUT2D eigenvalue weighted by atomic mass is 32.1. The van der Waals surface area contributed by atoms with Crippen LogP contribution in [0.5, 0.6) is 0 Å². The van der Waals surface area contributed by atoms with Crippen LogP contribution in [0, 0.1) is 10.1 Å². The lowest BCUT2D eigenvalue weighted by molar-refractivity contribution is -0.384. The van der Waals surface area contributed by atoms with E-state index < -0.39 is 4.92 Å². The topological polar surface area (TPSA) is 119 Å². The molecule has 0 aliphatic carbocycles. The van der Waals surface area contributed by atoms with E-state index in [0.29, 0.717) is 18.1 Å². The zero-order valence-corrected chi connectivity index (χ0v) is 13.1. The molecule has 2 aromatic heterocycles. The number of thiophene rings is 1. The fourth-order valence-corrected chi connectivity index (χ4v) is 2.84. The van der Waals surface area contributed by atoms with E-state index in [-0.39, 0.29) is 12.1 Å². The number of nitro benzene ring substituents is 1. The second-order valence-corrected chi connectivity index (χ2v) is 5.82. The largest absolute Gasteiger partial charge is 0.411 e. The van der Waals surface area contributed by atoms with E-state index in [2.05, 4.69) is 20.7 Å². The minimum absolute atomic E-state index is 0.0306. The number of nitro groups is 1. The van der Waals surface area contributed by atoms with Crippen LogP contribution >= 0.6 is 11.3 Å². The number of rotatable bonds is 6. The molecule has 24 heavy (non-hydrogen) atoms. The summed E-state index contributed by atoms with van der Waals surface area (Å²) in [5, 5.41) is 36.7. The van der Waals surface area contributed by atoms with E-state index in [1.807, 2.05) is 17.5 Å². The van der Waals surface area contributed by atoms with Crippen LogP contribution in [0.1, 0.15) is 16.3 Å². The summed E-state index contributed by atoms with van der Waals surface area (Å²) in [4.78, 5) is 11.1. The summed E-state index contributed by atoms with van der Waals surface area (Å²) in [5.74, 6) is 0.537. The van der Waals surface area contributed by atoms with Gasteiger partial charge in [0.15, 0.2) is 5.82 Å². The number of oxime groups is 1. The number of tetrazole rings is 1. The zero-order chi connectivity index (χ0) is 16.9. The average Bonchev–Trinajstić information content (AvgIpc) is 3.25. The number of hydrogen-bond donors (Lipinski definition) is 1. The summed E-state index contributed by atoms with van der Waals surface area (Å²) in [6.45, 7) is 0.365. The van der Waals surface area contributed by atoms with Gasteiger partial charge in [-0.2, -0.15) is 0 Å². The van der Waals surface area contributed by atoms with Gasteiger partial charge in [-0.25, -0.2) is 4.68 Å². The van der Waals surface area contributed by atoms with Gasteiger partial charge in [0.2, 0.25) is 0 Å². The smallest absolute Gasteiger partial charge is 0.269 e. The second-order valence-electron chi connectivity index (χ2n) is 4.88. The predicted octanol–water partition coefficient (Wildman–Crippen LogP) is 2.11. The Labute approximate surface area is 140 Å². The molecule has 9 nitrogen and oxygen atoms in total. The fraction of sp³-hybridized carbons (Fsp3) is 0.143. The standard InChI is InChI=1S/C14H12N6O3S/c21-16-12(13-2-1-7-24-13)8-14-15-17-18-19(14)9-10-3-5-11(6-4-10)20(22)23/h1-7,21H,8-9H2/b16-12+. The molecule has 0 amide bonds. The van der Waals surface area contributed by atoms with Crippen molar-refractivity contribution in [2.45, 2.75) is 13.0 Å². The molecular weight excluding hydrogens is 332 g/mol. The van der Waals surface area contributed by atoms with Crippen molar-refractivity contribution in [2.75, 3.05) is 0 Å². The Hall–Kier alpha value is -3.14. The summed E-state index contributed by atoms with van der Waals surface area (Å²) >= 11 is 1.46. The zero-order valence-electron chi connectivity index (χ0n) is 12.3. The molecule has 0 aliphatic heterocycles. The monoisotopic (exact) mass is 344 g/mol. The van der Waals surface area contributed by atoms with E-state index in [1.54, 1.807) is 16.8 Å². The Balaban J connectivity index is 1.77. The van der Waals surface area contributed by atoms with Crippen LogP contribution in [0.2, 0.25) is 0 Å². The molecule has 0 radical (unpaired) electrons. The Morgan fingerprint density at radius 3 is 2.75 bits per heavy atom. The van der Waals surface area contributed by atoms with Crippen LogP contribution in [0.3, 0.4) is 0 Å². The first-order chi connectivity index (χ1) is 11.7. The van der Waals surface area contributed by atoms with Crippen molar-refractivity contribution in [1.82, 2.24) is 20.2 Å². The lowest BCUT2D eigenvalue weighted by atomic mass is 10.2. The van der Waals surface area contributed by atoms with Gasteiger partial charge in [-0.3, -0.25) is 10.1 Å². The van der Waals surface area contributed by atoms with Crippen molar-refractivity contribution in [3.8, 4) is 0 Å². The normalized spacial score (nSPS) is 11.6. The van der Waals surface area contributed by atoms with Gasteiger partial charge < -0.3 is 5.21 Å². The fourth-order valence-electron chi connectivity index (χ4n) is 2.13. The molecule has 0 fully saturated rings. The van der Waals surface area contributed by atoms with Crippen molar-refractivity contribution in [1.29, 1.82) is 0 Å². The maximum Gasteiger partial charge on any atom is 0.269 e. The van der Waals surface area contributed by atoms with E-state index in [0.717, 1.165) is 10.4 Å². The molecule has 0 saturated carbocycles. The number of benzene rings is 1. The van der Waals surface area contributed by atoms with Crippen molar-refractivity contribution in [3.63, 3.8) is 0 Å². The second kappa shape index (κ2) is 6.96. The van der Waals surface area contributed by atoms with Crippen LogP contribution in [-0.4, -0.2) is 36.0 Å². The van der Waals surface area contributed by atoms with Crippen molar-refractivity contribution >= 4 is 22.7 Å². The molecule has 3 rings (SSSR count). The molecule has 0 spiro atoms. The first kappa shape index (κ1) is 15.7. The molecule has 0 unspecified atom stereocenters. The summed E-state index contributed by atoms with van der Waals surface area (Å²) in [7, 11) is 0. The Bertz CT molecular complexity index is 857. The SMILES string of the molecule is O=[N+]([O-])c1ccc(Cn2nnnc2C/C(=N\O)c2cccs2)cc1. The van der Waals surface area contributed by atoms with Gasteiger partial charge in [0.1, 0.15) is 5.71 Å². The van der Waals surface area contributed by atoms with Crippen LogP contribution in [0.15, 0.2) is 46.9 Å². The third kappa shape index (κ3) is 3.43. The summed E-state index contributed by atoms with van der Waals surface area (Å²) < 4.78 is 1.57. The highest BCUT2D eigenvalue weighted by molar-refractivity contribution is 7.12. The van der Waals surface area contributed by atoms with Gasteiger partial charge in [-0.1, -0.05) is 23.4 Å². The summed E-state index contributed by atoms with van der Waals surface area (Å²) in [5.41, 5.74) is 1.33. The molecule has 0 aliphatic rings. The van der Waals surface area contributed by atoms with E-state index in [9.17, 15) is 15.3 Å². The predicted molar refractivity (Wildman–Crippen MR) is 86.4 cm³/mol. The third-order valence-electron chi connectivity index (χ3n) is 3.34. The molecule has 10 heteroatoms. The van der Waals surface area contributed by atoms with Gasteiger partial charge in [0.25, 0.3) is 5.69 Å². The summed E-state index contributed by atoms with van der Waals surface area (Å²) in [6.07, 6.45) is 0.275. The minimum Gasteiger partial charge on any atom is -0.411 e. The van der Waals surface area contributed by atoms with Gasteiger partial charge in [-0.15, -0.1) is 16.4 Å². The van der Waals surface area contributed by atoms with Crippen molar-refractivity contribution in [3.05, 3.63) is 68.2 Å². The third-order valence-corrected chi connectivity index (χ3v) is 4.26. The van der Waals surface area contributed by atoms with E-state index >= 15 is 0 Å². The molecule has 3 aromatic rings. The number of nitrogens with zero attached hydrogens (tertiary/aromatic N) is 6. The number of aromatic nitrogens is 4. The lowest BCUT2D eigenvalue weighted by Crippen LogP contribution is -2.12. The number of non-ortho nitro benzene ring substituents is 1. The molecule has 1 N–H and O–H groups in total. The minimum atomic E-state index is -0.447. The Kier molecular flexibility index (Phi) is 4.57. The maximum absolute atomic E-state index is 10.7. The molecule has 122 valence electrons. The Morgan fingerprint density at radius 2 is 2.12 bits per heavy atom. The maximum atomic E-state index is 10.7. The van der Waals surface area contributed by atoms with Gasteiger partial charge in [0, 0.05) is 12.1 Å². The quantitative estimate of drug-likeness (QED) is 0.316. The van der Waals surface area contributed by atoms with Crippen molar-refractivity contribution < 1.29 is 10.1 Å². The van der Waals surface area contributed by atoms with Crippen molar-refractivity contribution in [2.24, 2.45) is 5.16 Å². The van der Waals surface area contributed by atoms with Crippen LogP contribution in [0.4, 0.5) is 5.69 Å². The molecule has 0 atom stereocenters. The first-order valence-corrected chi connectivity index (χ1v) is 7.78. The lowest BCUT2D eigenvalue weighted by Gasteiger charge is -2.05. The van der Waals surface area contributed by atoms with Gasteiger partial charge >= 0.3 is 0 Å². The van der Waals surface area contributed by atoms with Crippen LogP contribution in [0.25, 0.3) is 0 Å². The van der Waals surface area contributed by atoms with E-state index in [4.69, 9.17) is 0 Å².